The Morgan fingerprint density at radius 1 is 1.18 bits per heavy atom. The van der Waals surface area contributed by atoms with Crippen molar-refractivity contribution in [1.82, 2.24) is 10.2 Å². The zero-order chi connectivity index (χ0) is 26.0. The Morgan fingerprint density at radius 2 is 1.79 bits per heavy atom. The topological polar surface area (TPSA) is 180 Å². The fourth-order valence-corrected chi connectivity index (χ4v) is 2.89. The molecule has 0 atom stereocenters. The highest BCUT2D eigenvalue weighted by Crippen LogP contribution is 2.37. The van der Waals surface area contributed by atoms with Gasteiger partial charge in [0, 0.05) is 6.54 Å². The second kappa shape index (κ2) is 12.9. The summed E-state index contributed by atoms with van der Waals surface area (Å²) in [6.07, 6.45) is 2.82. The molecule has 1 saturated heterocycles. The predicted octanol–water partition coefficient (Wildman–Crippen LogP) is 1.17. The fourth-order valence-electron chi connectivity index (χ4n) is 2.36. The number of thiocarbonyl (C=S) groups is 1. The van der Waals surface area contributed by atoms with Crippen LogP contribution in [0.25, 0.3) is 6.08 Å². The first kappa shape index (κ1) is 28.1. The molecule has 0 aromatic heterocycles. The number of carbonyl (C=O) groups excluding carboxylic acids is 2. The van der Waals surface area contributed by atoms with Gasteiger partial charge in [-0.2, -0.15) is 0 Å². The third-order valence-corrected chi connectivity index (χ3v) is 4.27. The number of carboxylic acid groups (broad SMARTS) is 3. The molecule has 1 aromatic carbocycles. The van der Waals surface area contributed by atoms with Crippen LogP contribution in [0.1, 0.15) is 12.5 Å². The highest BCUT2D eigenvalue weighted by atomic mass is 35.5. The van der Waals surface area contributed by atoms with E-state index in [1.54, 1.807) is 6.92 Å². The minimum absolute atomic E-state index is 0.00231. The van der Waals surface area contributed by atoms with Gasteiger partial charge in [0.15, 0.2) is 23.2 Å². The Labute approximate surface area is 203 Å². The van der Waals surface area contributed by atoms with Gasteiger partial charge in [-0.3, -0.25) is 19.8 Å². The summed E-state index contributed by atoms with van der Waals surface area (Å²) in [4.78, 5) is 54.9. The SMILES string of the molecule is C=CCN1C(=O)C(=Cc2cc(Cl)c(OCC(=O)O)c(OCC)c2)C(=O)NC1=S.O=C(O)C(=O)O. The molecule has 182 valence electrons. The van der Waals surface area contributed by atoms with Crippen molar-refractivity contribution in [3.8, 4) is 11.5 Å². The van der Waals surface area contributed by atoms with Gasteiger partial charge in [0.2, 0.25) is 0 Å². The first-order valence-corrected chi connectivity index (χ1v) is 9.98. The predicted molar refractivity (Wildman–Crippen MR) is 122 cm³/mol. The third-order valence-electron chi connectivity index (χ3n) is 3.66. The van der Waals surface area contributed by atoms with Gasteiger partial charge >= 0.3 is 17.9 Å². The number of halogens is 1. The first-order valence-electron chi connectivity index (χ1n) is 9.19. The van der Waals surface area contributed by atoms with Gasteiger partial charge < -0.3 is 24.8 Å². The van der Waals surface area contributed by atoms with Crippen molar-refractivity contribution in [1.29, 1.82) is 0 Å². The maximum atomic E-state index is 12.6. The Morgan fingerprint density at radius 3 is 2.29 bits per heavy atom. The molecule has 12 nitrogen and oxygen atoms in total. The zero-order valence-corrected chi connectivity index (χ0v) is 19.1. The van der Waals surface area contributed by atoms with Crippen molar-refractivity contribution in [2.24, 2.45) is 0 Å². The van der Waals surface area contributed by atoms with Gasteiger partial charge in [0.1, 0.15) is 5.57 Å². The number of carbonyl (C=O) groups is 5. The molecular formula is C20H19ClN2O10S. The van der Waals surface area contributed by atoms with Crippen molar-refractivity contribution in [3.05, 3.63) is 40.9 Å². The second-order valence-corrected chi connectivity index (χ2v) is 6.87. The number of benzene rings is 1. The second-order valence-electron chi connectivity index (χ2n) is 6.08. The van der Waals surface area contributed by atoms with Crippen LogP contribution in [0, 0.1) is 0 Å². The lowest BCUT2D eigenvalue weighted by atomic mass is 10.1. The summed E-state index contributed by atoms with van der Waals surface area (Å²) in [5.41, 5.74) is 0.245. The highest BCUT2D eigenvalue weighted by molar-refractivity contribution is 7.80. The fraction of sp³-hybridized carbons (Fsp3) is 0.200. The number of hydrogen-bond donors (Lipinski definition) is 4. The van der Waals surface area contributed by atoms with E-state index in [2.05, 4.69) is 11.9 Å². The average molecular weight is 515 g/mol. The Balaban J connectivity index is 0.000000852. The van der Waals surface area contributed by atoms with Crippen molar-refractivity contribution in [2.75, 3.05) is 19.8 Å². The lowest BCUT2D eigenvalue weighted by Gasteiger charge is -2.27. The molecule has 0 unspecified atom stereocenters. The van der Waals surface area contributed by atoms with E-state index in [1.165, 1.54) is 29.2 Å². The van der Waals surface area contributed by atoms with Crippen molar-refractivity contribution < 1.29 is 48.8 Å². The van der Waals surface area contributed by atoms with Gasteiger partial charge in [0.05, 0.1) is 11.6 Å². The first-order chi connectivity index (χ1) is 15.9. The molecule has 0 bridgehead atoms. The van der Waals surface area contributed by atoms with Crippen LogP contribution in [0.4, 0.5) is 0 Å². The smallest absolute Gasteiger partial charge is 0.414 e. The van der Waals surface area contributed by atoms with E-state index in [9.17, 15) is 14.4 Å². The number of nitrogens with zero attached hydrogens (tertiary/aromatic N) is 1. The van der Waals surface area contributed by atoms with Crippen LogP contribution in [0.5, 0.6) is 11.5 Å². The number of carboxylic acids is 3. The van der Waals surface area contributed by atoms with Crippen LogP contribution in [0.2, 0.25) is 5.02 Å². The van der Waals surface area contributed by atoms with Crippen LogP contribution in [-0.4, -0.2) is 74.8 Å². The number of aliphatic carboxylic acids is 3. The minimum atomic E-state index is -1.82. The third kappa shape index (κ3) is 7.86. The number of ether oxygens (including phenoxy) is 2. The van der Waals surface area contributed by atoms with E-state index in [-0.39, 0.29) is 40.4 Å². The van der Waals surface area contributed by atoms with Crippen LogP contribution in [0.15, 0.2) is 30.4 Å². The summed E-state index contributed by atoms with van der Waals surface area (Å²) in [6, 6.07) is 2.92. The maximum absolute atomic E-state index is 12.6. The van der Waals surface area contributed by atoms with E-state index in [0.717, 1.165) is 0 Å². The molecule has 0 spiro atoms. The molecule has 1 fully saturated rings. The number of amides is 2. The van der Waals surface area contributed by atoms with Crippen LogP contribution in [-0.2, 0) is 24.0 Å². The van der Waals surface area contributed by atoms with E-state index < -0.39 is 36.3 Å². The van der Waals surface area contributed by atoms with Crippen LogP contribution < -0.4 is 14.8 Å². The van der Waals surface area contributed by atoms with E-state index >= 15 is 0 Å². The molecule has 4 N–H and O–H groups in total. The van der Waals surface area contributed by atoms with Gasteiger partial charge in [0.25, 0.3) is 11.8 Å². The monoisotopic (exact) mass is 514 g/mol. The van der Waals surface area contributed by atoms with Crippen LogP contribution >= 0.6 is 23.8 Å². The largest absolute Gasteiger partial charge is 0.490 e. The average Bonchev–Trinajstić information content (AvgIpc) is 2.74. The standard InChI is InChI=1S/C18H17ClN2O6S.C2H2O4/c1-3-5-21-17(25)11(16(24)20-18(21)28)6-10-7-12(19)15(27-9-14(22)23)13(8-10)26-4-2;3-1(4)2(5)6/h3,6-8H,1,4-5,9H2,2H3,(H,22,23)(H,20,24,28);(H,3,4)(H,5,6). The summed E-state index contributed by atoms with van der Waals surface area (Å²) in [7, 11) is 0. The van der Waals surface area contributed by atoms with Gasteiger partial charge in [-0.25, -0.2) is 14.4 Å². The van der Waals surface area contributed by atoms with Crippen LogP contribution in [0.3, 0.4) is 0 Å². The molecule has 0 radical (unpaired) electrons. The molecule has 0 aliphatic carbocycles. The maximum Gasteiger partial charge on any atom is 0.414 e. The normalized spacial score (nSPS) is 14.0. The van der Waals surface area contributed by atoms with E-state index in [1.807, 2.05) is 0 Å². The summed E-state index contributed by atoms with van der Waals surface area (Å²) >= 11 is 11.2. The lowest BCUT2D eigenvalue weighted by Crippen LogP contribution is -2.53. The molecule has 1 aromatic rings. The number of rotatable bonds is 8. The minimum Gasteiger partial charge on any atom is -0.490 e. The lowest BCUT2D eigenvalue weighted by molar-refractivity contribution is -0.159. The van der Waals surface area contributed by atoms with Crippen molar-refractivity contribution in [3.63, 3.8) is 0 Å². The zero-order valence-electron chi connectivity index (χ0n) is 17.6. The molecule has 1 heterocycles. The highest BCUT2D eigenvalue weighted by Gasteiger charge is 2.32. The summed E-state index contributed by atoms with van der Waals surface area (Å²) < 4.78 is 10.6. The molecule has 34 heavy (non-hydrogen) atoms. The van der Waals surface area contributed by atoms with Gasteiger partial charge in [-0.1, -0.05) is 17.7 Å². The number of hydrogen-bond acceptors (Lipinski definition) is 8. The van der Waals surface area contributed by atoms with E-state index in [4.69, 9.17) is 58.2 Å². The number of nitrogens with one attached hydrogen (secondary N) is 1. The van der Waals surface area contributed by atoms with E-state index in [0.29, 0.717) is 5.56 Å². The Kier molecular flexibility index (Phi) is 10.7. The van der Waals surface area contributed by atoms with Crippen molar-refractivity contribution >= 4 is 64.7 Å². The Hall–Kier alpha value is -3.97. The molecule has 2 rings (SSSR count). The summed E-state index contributed by atoms with van der Waals surface area (Å²) in [5, 5.41) is 26.1. The molecule has 14 heteroatoms. The molecule has 2 amide bonds. The van der Waals surface area contributed by atoms with Gasteiger partial charge in [-0.15, -0.1) is 6.58 Å². The summed E-state index contributed by atoms with van der Waals surface area (Å²) in [5.74, 6) is -5.80. The van der Waals surface area contributed by atoms with Crippen molar-refractivity contribution in [2.45, 2.75) is 6.92 Å². The molecular weight excluding hydrogens is 496 g/mol. The molecule has 1 aliphatic rings. The molecule has 0 saturated carbocycles. The quantitative estimate of drug-likeness (QED) is 0.128. The Bertz CT molecular complexity index is 1060. The summed E-state index contributed by atoms with van der Waals surface area (Å²) in [6.45, 7) is 5.09. The van der Waals surface area contributed by atoms with Gasteiger partial charge in [-0.05, 0) is 42.9 Å². The molecule has 1 aliphatic heterocycles.